The first-order valence-corrected chi connectivity index (χ1v) is 5.10. The minimum atomic E-state index is -0.846. The van der Waals surface area contributed by atoms with Gasteiger partial charge in [-0.25, -0.2) is 8.78 Å². The minimum Gasteiger partial charge on any atom is -0.397 e. The fourth-order valence-electron chi connectivity index (χ4n) is 1.50. The summed E-state index contributed by atoms with van der Waals surface area (Å²) in [5.74, 6) is -1.47. The van der Waals surface area contributed by atoms with Crippen molar-refractivity contribution in [3.8, 4) is 0 Å². The summed E-state index contributed by atoms with van der Waals surface area (Å²) in [4.78, 5) is 11.4. The molecule has 1 aliphatic rings. The van der Waals surface area contributed by atoms with Gasteiger partial charge in [0.1, 0.15) is 11.5 Å². The second kappa shape index (κ2) is 4.08. The lowest BCUT2D eigenvalue weighted by Gasteiger charge is -2.09. The van der Waals surface area contributed by atoms with E-state index in [0.29, 0.717) is 18.4 Å². The van der Waals surface area contributed by atoms with Gasteiger partial charge in [0, 0.05) is 12.5 Å². The van der Waals surface area contributed by atoms with Gasteiger partial charge in [-0.1, -0.05) is 0 Å². The van der Waals surface area contributed by atoms with Crippen LogP contribution in [-0.2, 0) is 4.79 Å². The molecule has 0 bridgehead atoms. The van der Waals surface area contributed by atoms with Crippen LogP contribution in [0.1, 0.15) is 19.3 Å². The number of hydrogen-bond donors (Lipinski definition) is 2. The van der Waals surface area contributed by atoms with Crippen molar-refractivity contribution in [1.29, 1.82) is 0 Å². The first-order valence-electron chi connectivity index (χ1n) is 5.10. The van der Waals surface area contributed by atoms with Crippen molar-refractivity contribution < 1.29 is 13.6 Å². The summed E-state index contributed by atoms with van der Waals surface area (Å²) in [6, 6.07) is 1.68. The van der Waals surface area contributed by atoms with Gasteiger partial charge in [-0.2, -0.15) is 0 Å². The Kier molecular flexibility index (Phi) is 2.77. The molecule has 86 valence electrons. The molecule has 0 unspecified atom stereocenters. The van der Waals surface area contributed by atoms with Crippen molar-refractivity contribution in [2.75, 3.05) is 11.1 Å². The molecule has 0 atom stereocenters. The van der Waals surface area contributed by atoms with E-state index in [2.05, 4.69) is 5.32 Å². The number of nitrogens with two attached hydrogens (primary N) is 1. The summed E-state index contributed by atoms with van der Waals surface area (Å²) in [7, 11) is 0. The average molecular weight is 226 g/mol. The molecule has 1 saturated carbocycles. The summed E-state index contributed by atoms with van der Waals surface area (Å²) in [6.07, 6.45) is 2.44. The lowest BCUT2D eigenvalue weighted by molar-refractivity contribution is -0.116. The first-order chi connectivity index (χ1) is 7.56. The third-order valence-corrected chi connectivity index (χ3v) is 2.52. The van der Waals surface area contributed by atoms with E-state index in [1.165, 1.54) is 0 Å². The molecule has 1 fully saturated rings. The quantitative estimate of drug-likeness (QED) is 0.777. The van der Waals surface area contributed by atoms with Crippen molar-refractivity contribution >= 4 is 17.3 Å². The Labute approximate surface area is 91.6 Å². The predicted molar refractivity (Wildman–Crippen MR) is 56.7 cm³/mol. The number of amides is 1. The normalized spacial score (nSPS) is 14.9. The molecule has 5 heteroatoms. The van der Waals surface area contributed by atoms with Crippen molar-refractivity contribution in [1.82, 2.24) is 0 Å². The molecule has 3 N–H and O–H groups in total. The highest BCUT2D eigenvalue weighted by Gasteiger charge is 2.25. The SMILES string of the molecule is Nc1cc(F)cc(F)c1NC(=O)CC1CC1. The van der Waals surface area contributed by atoms with E-state index < -0.39 is 11.6 Å². The summed E-state index contributed by atoms with van der Waals surface area (Å²) in [5.41, 5.74) is 5.19. The minimum absolute atomic E-state index is 0.0957. The van der Waals surface area contributed by atoms with E-state index in [-0.39, 0.29) is 17.3 Å². The molecule has 0 radical (unpaired) electrons. The smallest absolute Gasteiger partial charge is 0.224 e. The summed E-state index contributed by atoms with van der Waals surface area (Å²) in [6.45, 7) is 0. The van der Waals surface area contributed by atoms with Crippen molar-refractivity contribution in [2.45, 2.75) is 19.3 Å². The molecule has 16 heavy (non-hydrogen) atoms. The number of nitrogen functional groups attached to an aromatic ring is 1. The van der Waals surface area contributed by atoms with Crippen molar-refractivity contribution in [3.63, 3.8) is 0 Å². The number of carbonyl (C=O) groups is 1. The van der Waals surface area contributed by atoms with Gasteiger partial charge >= 0.3 is 0 Å². The summed E-state index contributed by atoms with van der Waals surface area (Å²) >= 11 is 0. The molecule has 1 aromatic rings. The zero-order valence-electron chi connectivity index (χ0n) is 8.59. The van der Waals surface area contributed by atoms with E-state index in [1.807, 2.05) is 0 Å². The molecule has 0 heterocycles. The highest BCUT2D eigenvalue weighted by Crippen LogP contribution is 2.33. The van der Waals surface area contributed by atoms with E-state index >= 15 is 0 Å². The molecule has 0 saturated heterocycles. The molecule has 0 aromatic heterocycles. The van der Waals surface area contributed by atoms with Crippen LogP contribution in [0, 0.1) is 17.6 Å². The fourth-order valence-corrected chi connectivity index (χ4v) is 1.50. The Hall–Kier alpha value is -1.65. The molecule has 0 aliphatic heterocycles. The van der Waals surface area contributed by atoms with Gasteiger partial charge in [0.15, 0.2) is 5.82 Å². The number of anilines is 2. The standard InChI is InChI=1S/C11H12F2N2O/c12-7-4-8(13)11(9(14)5-7)15-10(16)3-6-1-2-6/h4-6H,1-3,14H2,(H,15,16). The van der Waals surface area contributed by atoms with Gasteiger partial charge in [-0.3, -0.25) is 4.79 Å². The number of nitrogens with one attached hydrogen (secondary N) is 1. The van der Waals surface area contributed by atoms with E-state index in [9.17, 15) is 13.6 Å². The first kappa shape index (κ1) is 10.9. The third-order valence-electron chi connectivity index (χ3n) is 2.52. The monoisotopic (exact) mass is 226 g/mol. The van der Waals surface area contributed by atoms with Crippen LogP contribution in [0.2, 0.25) is 0 Å². The number of rotatable bonds is 3. The van der Waals surface area contributed by atoms with E-state index in [0.717, 1.165) is 18.9 Å². The van der Waals surface area contributed by atoms with Crippen LogP contribution in [0.15, 0.2) is 12.1 Å². The fraction of sp³-hybridized carbons (Fsp3) is 0.364. The second-order valence-corrected chi connectivity index (χ2v) is 4.05. The predicted octanol–water partition coefficient (Wildman–Crippen LogP) is 2.29. The van der Waals surface area contributed by atoms with Gasteiger partial charge in [-0.15, -0.1) is 0 Å². The van der Waals surface area contributed by atoms with Crippen LogP contribution in [0.5, 0.6) is 0 Å². The number of halogens is 2. The Bertz CT molecular complexity index is 407. The van der Waals surface area contributed by atoms with Gasteiger partial charge in [0.05, 0.1) is 5.69 Å². The zero-order valence-corrected chi connectivity index (χ0v) is 8.59. The van der Waals surface area contributed by atoms with Crippen LogP contribution in [-0.4, -0.2) is 5.91 Å². The number of carbonyl (C=O) groups excluding carboxylic acids is 1. The Morgan fingerprint density at radius 2 is 2.12 bits per heavy atom. The Balaban J connectivity index is 2.10. The van der Waals surface area contributed by atoms with Crippen molar-refractivity contribution in [2.24, 2.45) is 5.92 Å². The van der Waals surface area contributed by atoms with Crippen molar-refractivity contribution in [3.05, 3.63) is 23.8 Å². The molecule has 2 rings (SSSR count). The van der Waals surface area contributed by atoms with Crippen LogP contribution in [0.25, 0.3) is 0 Å². The second-order valence-electron chi connectivity index (χ2n) is 4.05. The van der Waals surface area contributed by atoms with Gasteiger partial charge in [-0.05, 0) is 24.8 Å². The van der Waals surface area contributed by atoms with Crippen LogP contribution in [0.4, 0.5) is 20.2 Å². The van der Waals surface area contributed by atoms with Crippen LogP contribution >= 0.6 is 0 Å². The lowest BCUT2D eigenvalue weighted by Crippen LogP contribution is -2.14. The highest BCUT2D eigenvalue weighted by atomic mass is 19.1. The maximum Gasteiger partial charge on any atom is 0.224 e. The van der Waals surface area contributed by atoms with Gasteiger partial charge in [0.2, 0.25) is 5.91 Å². The topological polar surface area (TPSA) is 55.1 Å². The lowest BCUT2D eigenvalue weighted by atomic mass is 10.2. The Morgan fingerprint density at radius 3 is 2.69 bits per heavy atom. The Morgan fingerprint density at radius 1 is 1.44 bits per heavy atom. The number of hydrogen-bond acceptors (Lipinski definition) is 2. The maximum absolute atomic E-state index is 13.3. The zero-order chi connectivity index (χ0) is 11.7. The van der Waals surface area contributed by atoms with Gasteiger partial charge < -0.3 is 11.1 Å². The van der Waals surface area contributed by atoms with E-state index in [1.54, 1.807) is 0 Å². The van der Waals surface area contributed by atoms with E-state index in [4.69, 9.17) is 5.73 Å². The largest absolute Gasteiger partial charge is 0.397 e. The summed E-state index contributed by atoms with van der Waals surface area (Å²) in [5, 5.41) is 2.37. The molecular weight excluding hydrogens is 214 g/mol. The van der Waals surface area contributed by atoms with Crippen LogP contribution < -0.4 is 11.1 Å². The third kappa shape index (κ3) is 2.48. The molecular formula is C11H12F2N2O. The average Bonchev–Trinajstić information content (AvgIpc) is 2.95. The van der Waals surface area contributed by atoms with Crippen LogP contribution in [0.3, 0.4) is 0 Å². The molecule has 1 amide bonds. The highest BCUT2D eigenvalue weighted by molar-refractivity contribution is 5.94. The summed E-state index contributed by atoms with van der Waals surface area (Å²) < 4.78 is 26.0. The maximum atomic E-state index is 13.3. The van der Waals surface area contributed by atoms with Gasteiger partial charge in [0.25, 0.3) is 0 Å². The molecule has 3 nitrogen and oxygen atoms in total. The molecule has 1 aliphatic carbocycles. The molecule has 1 aromatic carbocycles. The molecule has 0 spiro atoms. The number of benzene rings is 1.